The molecule has 1 atom stereocenters. The molecule has 5 heteroatoms. The average molecular weight is 270 g/mol. The van der Waals surface area contributed by atoms with E-state index in [0.29, 0.717) is 5.36 Å². The summed E-state index contributed by atoms with van der Waals surface area (Å²) in [6.45, 7) is 3.96. The Hall–Kier alpha value is -2.43. The average Bonchev–Trinajstić information content (AvgIpc) is 2.48. The van der Waals surface area contributed by atoms with Crippen molar-refractivity contribution in [1.82, 2.24) is 15.1 Å². The SMILES string of the molecule is CCC(C)NC(=O)N=c1ccn(-c2ccccc2)nc1. The Labute approximate surface area is 118 Å². The molecule has 0 fully saturated rings. The number of nitrogens with zero attached hydrogens (tertiary/aromatic N) is 3. The van der Waals surface area contributed by atoms with E-state index in [1.165, 1.54) is 0 Å². The first-order valence-electron chi connectivity index (χ1n) is 6.64. The first-order chi connectivity index (χ1) is 9.69. The van der Waals surface area contributed by atoms with Crippen LogP contribution in [0.1, 0.15) is 20.3 Å². The van der Waals surface area contributed by atoms with Gasteiger partial charge in [0.15, 0.2) is 0 Å². The van der Waals surface area contributed by atoms with Crippen LogP contribution in [0.3, 0.4) is 0 Å². The molecule has 2 amide bonds. The summed E-state index contributed by atoms with van der Waals surface area (Å²) in [5.41, 5.74) is 0.961. The first kappa shape index (κ1) is 14.0. The van der Waals surface area contributed by atoms with Gasteiger partial charge in [-0.25, -0.2) is 9.48 Å². The number of hydrogen-bond acceptors (Lipinski definition) is 2. The van der Waals surface area contributed by atoms with Crippen LogP contribution in [-0.2, 0) is 0 Å². The molecule has 0 aliphatic heterocycles. The lowest BCUT2D eigenvalue weighted by atomic mass is 10.3. The number of hydrogen-bond donors (Lipinski definition) is 1. The third-order valence-electron chi connectivity index (χ3n) is 2.93. The number of carbonyl (C=O) groups is 1. The molecule has 0 aliphatic carbocycles. The van der Waals surface area contributed by atoms with E-state index in [1.807, 2.05) is 44.2 Å². The third kappa shape index (κ3) is 3.78. The lowest BCUT2D eigenvalue weighted by Gasteiger charge is -2.07. The number of carbonyl (C=O) groups excluding carboxylic acids is 1. The molecular formula is C15H18N4O. The highest BCUT2D eigenvalue weighted by Gasteiger charge is 2.02. The van der Waals surface area contributed by atoms with Gasteiger partial charge in [0.25, 0.3) is 0 Å². The number of nitrogens with one attached hydrogen (secondary N) is 1. The van der Waals surface area contributed by atoms with Crippen molar-refractivity contribution >= 4 is 6.03 Å². The van der Waals surface area contributed by atoms with Crippen molar-refractivity contribution in [2.75, 3.05) is 0 Å². The lowest BCUT2D eigenvalue weighted by Crippen LogP contribution is -2.30. The Morgan fingerprint density at radius 1 is 1.35 bits per heavy atom. The first-order valence-corrected chi connectivity index (χ1v) is 6.64. The predicted octanol–water partition coefficient (Wildman–Crippen LogP) is 2.28. The van der Waals surface area contributed by atoms with Crippen molar-refractivity contribution in [3.05, 3.63) is 54.1 Å². The smallest absolute Gasteiger partial charge is 0.334 e. The second-order valence-electron chi connectivity index (χ2n) is 4.54. The van der Waals surface area contributed by atoms with E-state index in [-0.39, 0.29) is 12.1 Å². The minimum absolute atomic E-state index is 0.122. The molecular weight excluding hydrogens is 252 g/mol. The highest BCUT2D eigenvalue weighted by atomic mass is 16.2. The molecule has 0 radical (unpaired) electrons. The molecule has 1 aromatic heterocycles. The molecule has 0 aliphatic rings. The quantitative estimate of drug-likeness (QED) is 0.930. The number of para-hydroxylation sites is 1. The summed E-state index contributed by atoms with van der Waals surface area (Å²) < 4.78 is 1.73. The number of rotatable bonds is 3. The maximum Gasteiger partial charge on any atom is 0.341 e. The Morgan fingerprint density at radius 2 is 2.10 bits per heavy atom. The van der Waals surface area contributed by atoms with Crippen molar-refractivity contribution < 1.29 is 4.79 Å². The monoisotopic (exact) mass is 270 g/mol. The van der Waals surface area contributed by atoms with Gasteiger partial charge in [-0.15, -0.1) is 0 Å². The van der Waals surface area contributed by atoms with Crippen LogP contribution >= 0.6 is 0 Å². The van der Waals surface area contributed by atoms with E-state index in [1.54, 1.807) is 23.1 Å². The molecule has 1 aromatic carbocycles. The summed E-state index contributed by atoms with van der Waals surface area (Å²) in [6.07, 6.45) is 4.23. The minimum Gasteiger partial charge on any atom is -0.334 e. The highest BCUT2D eigenvalue weighted by molar-refractivity contribution is 5.75. The van der Waals surface area contributed by atoms with E-state index in [4.69, 9.17) is 0 Å². The van der Waals surface area contributed by atoms with Gasteiger partial charge in [0.2, 0.25) is 0 Å². The topological polar surface area (TPSA) is 59.3 Å². The van der Waals surface area contributed by atoms with Crippen molar-refractivity contribution in [1.29, 1.82) is 0 Å². The van der Waals surface area contributed by atoms with Crippen LogP contribution in [0.2, 0.25) is 0 Å². The van der Waals surface area contributed by atoms with Gasteiger partial charge in [-0.1, -0.05) is 25.1 Å². The Bertz CT molecular complexity index is 613. The second-order valence-corrected chi connectivity index (χ2v) is 4.54. The molecule has 0 spiro atoms. The summed E-state index contributed by atoms with van der Waals surface area (Å²) in [4.78, 5) is 15.6. The van der Waals surface area contributed by atoms with Crippen LogP contribution in [0.4, 0.5) is 4.79 Å². The largest absolute Gasteiger partial charge is 0.341 e. The zero-order valence-corrected chi connectivity index (χ0v) is 11.7. The van der Waals surface area contributed by atoms with Crippen LogP contribution in [0.5, 0.6) is 0 Å². The fourth-order valence-corrected chi connectivity index (χ4v) is 1.61. The van der Waals surface area contributed by atoms with Crippen LogP contribution in [0.15, 0.2) is 53.8 Å². The Morgan fingerprint density at radius 3 is 2.70 bits per heavy atom. The molecule has 104 valence electrons. The zero-order valence-electron chi connectivity index (χ0n) is 11.7. The fourth-order valence-electron chi connectivity index (χ4n) is 1.61. The molecule has 20 heavy (non-hydrogen) atoms. The lowest BCUT2D eigenvalue weighted by molar-refractivity contribution is 0.245. The van der Waals surface area contributed by atoms with Crippen molar-refractivity contribution in [2.45, 2.75) is 26.3 Å². The van der Waals surface area contributed by atoms with Gasteiger partial charge in [0.05, 0.1) is 17.2 Å². The van der Waals surface area contributed by atoms with Gasteiger partial charge < -0.3 is 5.32 Å². The molecule has 2 aromatic rings. The van der Waals surface area contributed by atoms with Gasteiger partial charge in [-0.3, -0.25) is 0 Å². The molecule has 5 nitrogen and oxygen atoms in total. The van der Waals surface area contributed by atoms with E-state index < -0.39 is 0 Å². The zero-order chi connectivity index (χ0) is 14.4. The van der Waals surface area contributed by atoms with Crippen molar-refractivity contribution in [3.63, 3.8) is 0 Å². The molecule has 1 unspecified atom stereocenters. The van der Waals surface area contributed by atoms with Crippen molar-refractivity contribution in [2.24, 2.45) is 4.99 Å². The second kappa shape index (κ2) is 6.65. The summed E-state index contributed by atoms with van der Waals surface area (Å²) in [5.74, 6) is 0. The molecule has 0 saturated heterocycles. The Kier molecular flexibility index (Phi) is 4.65. The molecule has 0 bridgehead atoms. The normalized spacial score (nSPS) is 13.0. The van der Waals surface area contributed by atoms with E-state index in [2.05, 4.69) is 15.4 Å². The maximum absolute atomic E-state index is 11.6. The molecule has 0 saturated carbocycles. The van der Waals surface area contributed by atoms with Gasteiger partial charge in [0.1, 0.15) is 0 Å². The van der Waals surface area contributed by atoms with Crippen LogP contribution < -0.4 is 10.7 Å². The molecule has 1 heterocycles. The summed E-state index contributed by atoms with van der Waals surface area (Å²) >= 11 is 0. The van der Waals surface area contributed by atoms with Crippen molar-refractivity contribution in [3.8, 4) is 5.69 Å². The highest BCUT2D eigenvalue weighted by Crippen LogP contribution is 2.02. The molecule has 1 N–H and O–H groups in total. The number of benzene rings is 1. The fraction of sp³-hybridized carbons (Fsp3) is 0.267. The van der Waals surface area contributed by atoms with Gasteiger partial charge in [-0.2, -0.15) is 10.1 Å². The van der Waals surface area contributed by atoms with Crippen LogP contribution in [-0.4, -0.2) is 21.9 Å². The number of aromatic nitrogens is 2. The van der Waals surface area contributed by atoms with E-state index in [9.17, 15) is 4.79 Å². The number of urea groups is 1. The van der Waals surface area contributed by atoms with Crippen LogP contribution in [0.25, 0.3) is 5.69 Å². The molecule has 2 rings (SSSR count). The standard InChI is InChI=1S/C15H18N4O/c1-3-12(2)17-15(20)18-13-9-10-19(16-11-13)14-7-5-4-6-8-14/h4-12H,3H2,1-2H3,(H,17,20). The van der Waals surface area contributed by atoms with Gasteiger partial charge >= 0.3 is 6.03 Å². The summed E-state index contributed by atoms with van der Waals surface area (Å²) in [7, 11) is 0. The van der Waals surface area contributed by atoms with E-state index >= 15 is 0 Å². The third-order valence-corrected chi connectivity index (χ3v) is 2.93. The number of amides is 2. The van der Waals surface area contributed by atoms with Crippen LogP contribution in [0, 0.1) is 0 Å². The maximum atomic E-state index is 11.6. The minimum atomic E-state index is -0.335. The summed E-state index contributed by atoms with van der Waals surface area (Å²) in [5, 5.41) is 7.57. The summed E-state index contributed by atoms with van der Waals surface area (Å²) in [6, 6.07) is 11.3. The Balaban J connectivity index is 2.14. The van der Waals surface area contributed by atoms with Gasteiger partial charge in [-0.05, 0) is 31.5 Å². The van der Waals surface area contributed by atoms with E-state index in [0.717, 1.165) is 12.1 Å². The van der Waals surface area contributed by atoms with Gasteiger partial charge in [0, 0.05) is 12.2 Å². The predicted molar refractivity (Wildman–Crippen MR) is 77.4 cm³/mol.